The summed E-state index contributed by atoms with van der Waals surface area (Å²) in [5.74, 6) is -1.16. The van der Waals surface area contributed by atoms with Gasteiger partial charge in [-0.1, -0.05) is 25.1 Å². The normalized spacial score (nSPS) is 19.1. The number of hydrogen-bond donors (Lipinski definition) is 1. The Bertz CT molecular complexity index is 437. The first-order valence-corrected chi connectivity index (χ1v) is 7.09. The smallest absolute Gasteiger partial charge is 0.371 e. The van der Waals surface area contributed by atoms with Gasteiger partial charge in [-0.05, 0) is 30.9 Å². The van der Waals surface area contributed by atoms with Gasteiger partial charge in [0.15, 0.2) is 0 Å². The highest BCUT2D eigenvalue weighted by Crippen LogP contribution is 2.36. The first-order chi connectivity index (χ1) is 9.43. The third-order valence-electron chi connectivity index (χ3n) is 4.07. The zero-order valence-electron chi connectivity index (χ0n) is 11.7. The lowest BCUT2D eigenvalue weighted by Gasteiger charge is -2.36. The molecule has 0 amide bonds. The Kier molecular flexibility index (Phi) is 4.58. The van der Waals surface area contributed by atoms with Gasteiger partial charge in [-0.2, -0.15) is 13.2 Å². The van der Waals surface area contributed by atoms with Gasteiger partial charge in [0.25, 0.3) is 0 Å². The van der Waals surface area contributed by atoms with E-state index in [1.807, 2.05) is 36.1 Å². The quantitative estimate of drug-likeness (QED) is 0.913. The lowest BCUT2D eigenvalue weighted by Crippen LogP contribution is -2.39. The Morgan fingerprint density at radius 1 is 1.25 bits per heavy atom. The van der Waals surface area contributed by atoms with E-state index in [0.717, 1.165) is 17.7 Å². The summed E-state index contributed by atoms with van der Waals surface area (Å²) in [6, 6.07) is 7.71. The van der Waals surface area contributed by atoms with E-state index >= 15 is 0 Å². The lowest BCUT2D eigenvalue weighted by molar-refractivity contribution is -0.179. The second-order valence-electron chi connectivity index (χ2n) is 5.38. The van der Waals surface area contributed by atoms with Gasteiger partial charge in [0.1, 0.15) is 0 Å². The van der Waals surface area contributed by atoms with Crippen LogP contribution in [-0.4, -0.2) is 19.3 Å². The molecule has 5 heteroatoms. The number of para-hydroxylation sites is 1. The van der Waals surface area contributed by atoms with E-state index in [-0.39, 0.29) is 18.9 Å². The van der Waals surface area contributed by atoms with Gasteiger partial charge in [-0.15, -0.1) is 0 Å². The molecule has 1 aliphatic heterocycles. The molecule has 2 nitrogen and oxygen atoms in total. The fraction of sp³-hybridized carbons (Fsp3) is 0.600. The van der Waals surface area contributed by atoms with E-state index in [4.69, 9.17) is 5.73 Å². The number of benzene rings is 1. The number of piperidine rings is 1. The van der Waals surface area contributed by atoms with E-state index in [9.17, 15) is 13.2 Å². The molecule has 0 aromatic heterocycles. The van der Waals surface area contributed by atoms with Crippen molar-refractivity contribution in [3.8, 4) is 0 Å². The molecular weight excluding hydrogens is 265 g/mol. The summed E-state index contributed by atoms with van der Waals surface area (Å²) in [4.78, 5) is 2.03. The molecule has 1 aromatic carbocycles. The lowest BCUT2D eigenvalue weighted by atomic mass is 9.94. The van der Waals surface area contributed by atoms with Crippen molar-refractivity contribution in [3.63, 3.8) is 0 Å². The summed E-state index contributed by atoms with van der Waals surface area (Å²) in [5.41, 5.74) is 8.11. The van der Waals surface area contributed by atoms with Crippen molar-refractivity contribution in [1.29, 1.82) is 0 Å². The van der Waals surface area contributed by atoms with Crippen LogP contribution in [0.3, 0.4) is 0 Å². The van der Waals surface area contributed by atoms with Crippen LogP contribution in [0.2, 0.25) is 0 Å². The predicted octanol–water partition coefficient (Wildman–Crippen LogP) is 3.88. The Morgan fingerprint density at radius 3 is 2.40 bits per heavy atom. The predicted molar refractivity (Wildman–Crippen MR) is 74.7 cm³/mol. The van der Waals surface area contributed by atoms with Gasteiger partial charge in [-0.25, -0.2) is 0 Å². The molecule has 20 heavy (non-hydrogen) atoms. The van der Waals surface area contributed by atoms with Crippen molar-refractivity contribution in [2.45, 2.75) is 38.4 Å². The van der Waals surface area contributed by atoms with Crippen molar-refractivity contribution in [2.24, 2.45) is 11.7 Å². The van der Waals surface area contributed by atoms with E-state index in [1.165, 1.54) is 0 Å². The van der Waals surface area contributed by atoms with Crippen LogP contribution in [0, 0.1) is 5.92 Å². The minimum atomic E-state index is -4.06. The van der Waals surface area contributed by atoms with E-state index in [2.05, 4.69) is 0 Å². The standard InChI is InChI=1S/C15H21F3N2/c1-2-13(19)12-5-3-4-6-14(12)20-9-7-11(8-10-20)15(16,17)18/h3-6,11,13H,2,7-10,19H2,1H3/t13-/m0/s1. The molecule has 0 unspecified atom stereocenters. The molecular formula is C15H21F3N2. The zero-order chi connectivity index (χ0) is 14.8. The molecule has 1 aromatic rings. The molecule has 1 fully saturated rings. The molecule has 0 aliphatic carbocycles. The average Bonchev–Trinajstić information content (AvgIpc) is 2.45. The van der Waals surface area contributed by atoms with Crippen LogP contribution in [0.5, 0.6) is 0 Å². The van der Waals surface area contributed by atoms with Gasteiger partial charge < -0.3 is 10.6 Å². The zero-order valence-corrected chi connectivity index (χ0v) is 11.7. The van der Waals surface area contributed by atoms with Crippen LogP contribution in [0.1, 0.15) is 37.8 Å². The number of alkyl halides is 3. The van der Waals surface area contributed by atoms with Crippen molar-refractivity contribution < 1.29 is 13.2 Å². The van der Waals surface area contributed by atoms with Crippen molar-refractivity contribution in [3.05, 3.63) is 29.8 Å². The molecule has 1 aliphatic rings. The van der Waals surface area contributed by atoms with Crippen LogP contribution in [0.25, 0.3) is 0 Å². The highest BCUT2D eigenvalue weighted by Gasteiger charge is 2.41. The third-order valence-corrected chi connectivity index (χ3v) is 4.07. The number of rotatable bonds is 3. The van der Waals surface area contributed by atoms with Crippen LogP contribution in [0.4, 0.5) is 18.9 Å². The summed E-state index contributed by atoms with van der Waals surface area (Å²) in [6.07, 6.45) is -2.92. The molecule has 0 bridgehead atoms. The van der Waals surface area contributed by atoms with Crippen molar-refractivity contribution >= 4 is 5.69 Å². The molecule has 1 heterocycles. The molecule has 1 saturated heterocycles. The highest BCUT2D eigenvalue weighted by atomic mass is 19.4. The number of nitrogens with two attached hydrogens (primary N) is 1. The molecule has 1 atom stereocenters. The number of nitrogens with zero attached hydrogens (tertiary/aromatic N) is 1. The molecule has 2 rings (SSSR count). The maximum atomic E-state index is 12.7. The summed E-state index contributed by atoms with van der Waals surface area (Å²) < 4.78 is 38.1. The summed E-state index contributed by atoms with van der Waals surface area (Å²) in [6.45, 7) is 2.90. The second-order valence-corrected chi connectivity index (χ2v) is 5.38. The van der Waals surface area contributed by atoms with Gasteiger partial charge in [-0.3, -0.25) is 0 Å². The van der Waals surface area contributed by atoms with Crippen molar-refractivity contribution in [1.82, 2.24) is 0 Å². The first kappa shape index (κ1) is 15.2. The minimum Gasteiger partial charge on any atom is -0.371 e. The number of halogens is 3. The number of anilines is 1. The van der Waals surface area contributed by atoms with Crippen molar-refractivity contribution in [2.75, 3.05) is 18.0 Å². The topological polar surface area (TPSA) is 29.3 Å². The third kappa shape index (κ3) is 3.26. The van der Waals surface area contributed by atoms with E-state index in [0.29, 0.717) is 13.1 Å². The molecule has 2 N–H and O–H groups in total. The fourth-order valence-electron chi connectivity index (χ4n) is 2.76. The van der Waals surface area contributed by atoms with Gasteiger partial charge in [0, 0.05) is 24.8 Å². The van der Waals surface area contributed by atoms with Crippen LogP contribution in [0.15, 0.2) is 24.3 Å². The minimum absolute atomic E-state index is 0.0634. The second kappa shape index (κ2) is 6.04. The Labute approximate surface area is 117 Å². The van der Waals surface area contributed by atoms with Gasteiger partial charge in [0.2, 0.25) is 0 Å². The highest BCUT2D eigenvalue weighted by molar-refractivity contribution is 5.55. The molecule has 112 valence electrons. The molecule has 0 saturated carbocycles. The van der Waals surface area contributed by atoms with E-state index < -0.39 is 12.1 Å². The maximum Gasteiger partial charge on any atom is 0.391 e. The first-order valence-electron chi connectivity index (χ1n) is 7.09. The fourth-order valence-corrected chi connectivity index (χ4v) is 2.76. The largest absolute Gasteiger partial charge is 0.391 e. The Morgan fingerprint density at radius 2 is 1.85 bits per heavy atom. The molecule has 0 radical (unpaired) electrons. The monoisotopic (exact) mass is 286 g/mol. The van der Waals surface area contributed by atoms with Gasteiger partial charge >= 0.3 is 6.18 Å². The molecule has 0 spiro atoms. The van der Waals surface area contributed by atoms with Crippen LogP contribution in [-0.2, 0) is 0 Å². The van der Waals surface area contributed by atoms with Crippen LogP contribution < -0.4 is 10.6 Å². The van der Waals surface area contributed by atoms with E-state index in [1.54, 1.807) is 0 Å². The number of hydrogen-bond acceptors (Lipinski definition) is 2. The Hall–Kier alpha value is -1.23. The average molecular weight is 286 g/mol. The van der Waals surface area contributed by atoms with Crippen LogP contribution >= 0.6 is 0 Å². The Balaban J connectivity index is 2.11. The summed E-state index contributed by atoms with van der Waals surface area (Å²) in [5, 5.41) is 0. The summed E-state index contributed by atoms with van der Waals surface area (Å²) in [7, 11) is 0. The maximum absolute atomic E-state index is 12.7. The summed E-state index contributed by atoms with van der Waals surface area (Å²) >= 11 is 0. The SMILES string of the molecule is CC[C@H](N)c1ccccc1N1CCC(C(F)(F)F)CC1. The van der Waals surface area contributed by atoms with Gasteiger partial charge in [0.05, 0.1) is 5.92 Å².